The summed E-state index contributed by atoms with van der Waals surface area (Å²) in [6.45, 7) is 8.24. The highest BCUT2D eigenvalue weighted by atomic mass is 16.1. The van der Waals surface area contributed by atoms with E-state index in [0.29, 0.717) is 5.56 Å². The van der Waals surface area contributed by atoms with E-state index in [9.17, 15) is 4.79 Å². The summed E-state index contributed by atoms with van der Waals surface area (Å²) in [6, 6.07) is 16.1. The van der Waals surface area contributed by atoms with Gasteiger partial charge >= 0.3 is 0 Å². The van der Waals surface area contributed by atoms with Crippen molar-refractivity contribution >= 4 is 5.91 Å². The van der Waals surface area contributed by atoms with E-state index in [4.69, 9.17) is 5.73 Å². The largest absolute Gasteiger partial charge is 0.366 e. The summed E-state index contributed by atoms with van der Waals surface area (Å²) in [6.07, 6.45) is 0. The van der Waals surface area contributed by atoms with Gasteiger partial charge in [0.05, 0.1) is 0 Å². The number of carbonyl (C=O) groups excluding carboxylic acids is 1. The summed E-state index contributed by atoms with van der Waals surface area (Å²) >= 11 is 0. The Kier molecular flexibility index (Phi) is 4.99. The standard InChI is InChI=1S/C19H24N2O/c1-19(2,3)17-10-6-15(7-11-17)13-21-12-14-4-8-16(9-5-14)18(20)22/h4-11,21H,12-13H2,1-3H3,(H2,20,22). The van der Waals surface area contributed by atoms with Gasteiger partial charge in [0.15, 0.2) is 0 Å². The molecule has 0 aromatic heterocycles. The van der Waals surface area contributed by atoms with E-state index >= 15 is 0 Å². The van der Waals surface area contributed by atoms with Crippen LogP contribution in [0.3, 0.4) is 0 Å². The van der Waals surface area contributed by atoms with Crippen LogP contribution in [0, 0.1) is 0 Å². The summed E-state index contributed by atoms with van der Waals surface area (Å²) in [7, 11) is 0. The predicted octanol–water partition coefficient (Wildman–Crippen LogP) is 3.37. The smallest absolute Gasteiger partial charge is 0.248 e. The summed E-state index contributed by atoms with van der Waals surface area (Å²) in [5.74, 6) is -0.390. The van der Waals surface area contributed by atoms with Crippen molar-refractivity contribution in [2.24, 2.45) is 5.73 Å². The average Bonchev–Trinajstić information content (AvgIpc) is 2.47. The number of nitrogens with two attached hydrogens (primary N) is 1. The average molecular weight is 296 g/mol. The molecule has 0 spiro atoms. The first-order valence-electron chi connectivity index (χ1n) is 7.55. The maximum absolute atomic E-state index is 11.0. The summed E-state index contributed by atoms with van der Waals surface area (Å²) in [4.78, 5) is 11.0. The fourth-order valence-corrected chi connectivity index (χ4v) is 2.26. The molecule has 0 aliphatic rings. The lowest BCUT2D eigenvalue weighted by Gasteiger charge is -2.19. The van der Waals surface area contributed by atoms with Gasteiger partial charge in [-0.2, -0.15) is 0 Å². The third kappa shape index (κ3) is 4.43. The molecule has 22 heavy (non-hydrogen) atoms. The van der Waals surface area contributed by atoms with E-state index < -0.39 is 5.91 Å². The van der Waals surface area contributed by atoms with Crippen LogP contribution in [0.1, 0.15) is 47.8 Å². The Morgan fingerprint density at radius 3 is 1.77 bits per heavy atom. The van der Waals surface area contributed by atoms with E-state index in [1.165, 1.54) is 11.1 Å². The van der Waals surface area contributed by atoms with Crippen LogP contribution in [0.15, 0.2) is 48.5 Å². The molecule has 3 N–H and O–H groups in total. The zero-order valence-corrected chi connectivity index (χ0v) is 13.5. The Balaban J connectivity index is 1.87. The van der Waals surface area contributed by atoms with Crippen molar-refractivity contribution in [2.75, 3.05) is 0 Å². The molecule has 2 aromatic rings. The van der Waals surface area contributed by atoms with Crippen LogP contribution in [-0.2, 0) is 18.5 Å². The number of benzene rings is 2. The van der Waals surface area contributed by atoms with Crippen molar-refractivity contribution in [3.05, 3.63) is 70.8 Å². The Bertz CT molecular complexity index is 622. The lowest BCUT2D eigenvalue weighted by atomic mass is 9.87. The number of nitrogens with one attached hydrogen (secondary N) is 1. The van der Waals surface area contributed by atoms with E-state index in [1.54, 1.807) is 12.1 Å². The molecule has 116 valence electrons. The highest BCUT2D eigenvalue weighted by Gasteiger charge is 2.12. The molecular weight excluding hydrogens is 272 g/mol. The summed E-state index contributed by atoms with van der Waals surface area (Å²) in [5, 5.41) is 3.41. The first kappa shape index (κ1) is 16.2. The van der Waals surface area contributed by atoms with Gasteiger partial charge in [-0.05, 0) is 34.2 Å². The Morgan fingerprint density at radius 1 is 0.909 bits per heavy atom. The second-order valence-corrected chi connectivity index (χ2v) is 6.61. The SMILES string of the molecule is CC(C)(C)c1ccc(CNCc2ccc(C(N)=O)cc2)cc1. The first-order valence-corrected chi connectivity index (χ1v) is 7.55. The fraction of sp³-hybridized carbons (Fsp3) is 0.316. The van der Waals surface area contributed by atoms with E-state index in [1.807, 2.05) is 12.1 Å². The quantitative estimate of drug-likeness (QED) is 0.888. The van der Waals surface area contributed by atoms with Gasteiger partial charge in [-0.1, -0.05) is 57.2 Å². The fourth-order valence-electron chi connectivity index (χ4n) is 2.26. The predicted molar refractivity (Wildman–Crippen MR) is 90.6 cm³/mol. The molecule has 3 nitrogen and oxygen atoms in total. The zero-order valence-electron chi connectivity index (χ0n) is 13.5. The van der Waals surface area contributed by atoms with Crippen LogP contribution < -0.4 is 11.1 Å². The monoisotopic (exact) mass is 296 g/mol. The van der Waals surface area contributed by atoms with Crippen LogP contribution in [0.25, 0.3) is 0 Å². The van der Waals surface area contributed by atoms with Crippen LogP contribution >= 0.6 is 0 Å². The molecule has 0 unspecified atom stereocenters. The molecule has 3 heteroatoms. The molecule has 0 aliphatic carbocycles. The normalized spacial score (nSPS) is 11.4. The third-order valence-corrected chi connectivity index (χ3v) is 3.72. The number of primary amides is 1. The van der Waals surface area contributed by atoms with Gasteiger partial charge in [0.2, 0.25) is 5.91 Å². The molecule has 0 radical (unpaired) electrons. The molecule has 0 atom stereocenters. The van der Waals surface area contributed by atoms with Crippen molar-refractivity contribution in [3.8, 4) is 0 Å². The van der Waals surface area contributed by atoms with Gasteiger partial charge < -0.3 is 11.1 Å². The maximum atomic E-state index is 11.0. The highest BCUT2D eigenvalue weighted by Crippen LogP contribution is 2.22. The van der Waals surface area contributed by atoms with E-state index in [0.717, 1.165) is 18.7 Å². The topological polar surface area (TPSA) is 55.1 Å². The second kappa shape index (κ2) is 6.75. The molecule has 2 aromatic carbocycles. The minimum atomic E-state index is -0.390. The number of carbonyl (C=O) groups is 1. The van der Waals surface area contributed by atoms with Crippen LogP contribution in [-0.4, -0.2) is 5.91 Å². The first-order chi connectivity index (χ1) is 10.4. The van der Waals surface area contributed by atoms with Crippen molar-refractivity contribution in [3.63, 3.8) is 0 Å². The highest BCUT2D eigenvalue weighted by molar-refractivity contribution is 5.92. The van der Waals surface area contributed by atoms with Crippen LogP contribution in [0.2, 0.25) is 0 Å². The van der Waals surface area contributed by atoms with Gasteiger partial charge in [0.1, 0.15) is 0 Å². The lowest BCUT2D eigenvalue weighted by molar-refractivity contribution is 0.100. The molecule has 2 rings (SSSR count). The molecular formula is C19H24N2O. The molecule has 0 saturated heterocycles. The lowest BCUT2D eigenvalue weighted by Crippen LogP contribution is -2.14. The number of rotatable bonds is 5. The molecule has 0 saturated carbocycles. The Morgan fingerprint density at radius 2 is 1.36 bits per heavy atom. The van der Waals surface area contributed by atoms with Gasteiger partial charge in [-0.3, -0.25) is 4.79 Å². The van der Waals surface area contributed by atoms with E-state index in [2.05, 4.69) is 50.4 Å². The molecule has 1 amide bonds. The Hall–Kier alpha value is -2.13. The number of hydrogen-bond donors (Lipinski definition) is 2. The van der Waals surface area contributed by atoms with Crippen LogP contribution in [0.5, 0.6) is 0 Å². The molecule has 0 aliphatic heterocycles. The van der Waals surface area contributed by atoms with Crippen LogP contribution in [0.4, 0.5) is 0 Å². The second-order valence-electron chi connectivity index (χ2n) is 6.61. The van der Waals surface area contributed by atoms with E-state index in [-0.39, 0.29) is 5.41 Å². The maximum Gasteiger partial charge on any atom is 0.248 e. The van der Waals surface area contributed by atoms with Gasteiger partial charge in [-0.15, -0.1) is 0 Å². The Labute approximate surface area is 132 Å². The molecule has 0 heterocycles. The number of amides is 1. The molecule has 0 bridgehead atoms. The summed E-state index contributed by atoms with van der Waals surface area (Å²) < 4.78 is 0. The molecule has 0 fully saturated rings. The summed E-state index contributed by atoms with van der Waals surface area (Å²) in [5.41, 5.74) is 9.71. The van der Waals surface area contributed by atoms with Gasteiger partial charge in [-0.25, -0.2) is 0 Å². The zero-order chi connectivity index (χ0) is 16.2. The van der Waals surface area contributed by atoms with Crippen molar-refractivity contribution in [2.45, 2.75) is 39.3 Å². The third-order valence-electron chi connectivity index (χ3n) is 3.72. The van der Waals surface area contributed by atoms with Crippen molar-refractivity contribution in [1.29, 1.82) is 0 Å². The minimum absolute atomic E-state index is 0.189. The van der Waals surface area contributed by atoms with Crippen molar-refractivity contribution in [1.82, 2.24) is 5.32 Å². The van der Waals surface area contributed by atoms with Gasteiger partial charge in [0, 0.05) is 18.7 Å². The minimum Gasteiger partial charge on any atom is -0.366 e. The van der Waals surface area contributed by atoms with Crippen molar-refractivity contribution < 1.29 is 4.79 Å². The number of hydrogen-bond acceptors (Lipinski definition) is 2. The van der Waals surface area contributed by atoms with Gasteiger partial charge in [0.25, 0.3) is 0 Å².